The van der Waals surface area contributed by atoms with Crippen molar-refractivity contribution in [2.75, 3.05) is 13.2 Å². The summed E-state index contributed by atoms with van der Waals surface area (Å²) in [6.45, 7) is 11.5. The van der Waals surface area contributed by atoms with Crippen LogP contribution in [-0.4, -0.2) is 47.9 Å². The second kappa shape index (κ2) is 10.9. The number of rotatable bonds is 7. The van der Waals surface area contributed by atoms with Gasteiger partial charge in [0.15, 0.2) is 13.2 Å². The van der Waals surface area contributed by atoms with Crippen LogP contribution in [0.1, 0.15) is 76.1 Å². The molecule has 0 aliphatic carbocycles. The van der Waals surface area contributed by atoms with Crippen molar-refractivity contribution in [3.63, 3.8) is 0 Å². The molecule has 0 unspecified atom stereocenters. The molecule has 0 N–H and O–H groups in total. The molecule has 0 aromatic heterocycles. The Morgan fingerprint density at radius 2 is 1.44 bits per heavy atom. The summed E-state index contributed by atoms with van der Waals surface area (Å²) in [6.07, 6.45) is 3.16. The van der Waals surface area contributed by atoms with E-state index in [9.17, 15) is 14.4 Å². The van der Waals surface area contributed by atoms with E-state index in [-0.39, 0.29) is 37.0 Å². The van der Waals surface area contributed by atoms with E-state index >= 15 is 0 Å². The highest BCUT2D eigenvalue weighted by molar-refractivity contribution is 6.02. The predicted octanol–water partition coefficient (Wildman–Crippen LogP) is 5.13. The van der Waals surface area contributed by atoms with Crippen molar-refractivity contribution in [1.29, 1.82) is 0 Å². The van der Waals surface area contributed by atoms with E-state index in [2.05, 4.69) is 19.9 Å². The van der Waals surface area contributed by atoms with Crippen LogP contribution >= 0.6 is 0 Å². The number of carbonyl (C=O) groups excluding carboxylic acids is 3. The first kappa shape index (κ1) is 25.5. The first-order valence-corrected chi connectivity index (χ1v) is 11.9. The Morgan fingerprint density at radius 3 is 2.00 bits per heavy atom. The van der Waals surface area contributed by atoms with Gasteiger partial charge in [-0.15, -0.1) is 0 Å². The van der Waals surface area contributed by atoms with Gasteiger partial charge in [0.2, 0.25) is 5.78 Å². The van der Waals surface area contributed by atoms with Gasteiger partial charge in [-0.25, -0.2) is 4.79 Å². The minimum Gasteiger partial charge on any atom is -0.484 e. The van der Waals surface area contributed by atoms with Gasteiger partial charge in [0.05, 0.1) is 5.56 Å². The molecule has 1 fully saturated rings. The lowest BCUT2D eigenvalue weighted by atomic mass is 9.92. The Hall–Kier alpha value is -3.15. The van der Waals surface area contributed by atoms with Crippen molar-refractivity contribution >= 4 is 17.7 Å². The topological polar surface area (TPSA) is 72.9 Å². The third kappa shape index (κ3) is 5.66. The molecule has 2 atom stereocenters. The zero-order valence-corrected chi connectivity index (χ0v) is 21.1. The van der Waals surface area contributed by atoms with Crippen LogP contribution in [0.25, 0.3) is 0 Å². The fourth-order valence-corrected chi connectivity index (χ4v) is 4.74. The monoisotopic (exact) mass is 465 g/mol. The van der Waals surface area contributed by atoms with Crippen molar-refractivity contribution in [1.82, 2.24) is 4.90 Å². The highest BCUT2D eigenvalue weighted by Gasteiger charge is 2.29. The quantitative estimate of drug-likeness (QED) is 0.419. The zero-order chi connectivity index (χ0) is 25.0. The number of esters is 1. The summed E-state index contributed by atoms with van der Waals surface area (Å²) >= 11 is 0. The summed E-state index contributed by atoms with van der Waals surface area (Å²) in [5.74, 6) is -0.320. The van der Waals surface area contributed by atoms with Gasteiger partial charge in [0.25, 0.3) is 5.91 Å². The molecule has 6 heteroatoms. The van der Waals surface area contributed by atoms with Crippen molar-refractivity contribution in [3.05, 3.63) is 63.7 Å². The highest BCUT2D eigenvalue weighted by Crippen LogP contribution is 2.24. The molecule has 182 valence electrons. The van der Waals surface area contributed by atoms with E-state index in [1.807, 2.05) is 32.6 Å². The second-order valence-corrected chi connectivity index (χ2v) is 9.38. The molecule has 0 bridgehead atoms. The molecule has 0 spiro atoms. The van der Waals surface area contributed by atoms with Crippen LogP contribution in [-0.2, 0) is 9.53 Å². The summed E-state index contributed by atoms with van der Waals surface area (Å²) in [5.41, 5.74) is 4.84. The number of benzene rings is 2. The summed E-state index contributed by atoms with van der Waals surface area (Å²) in [7, 11) is 0. The number of amides is 1. The molecule has 6 nitrogen and oxygen atoms in total. The molecule has 34 heavy (non-hydrogen) atoms. The van der Waals surface area contributed by atoms with Crippen LogP contribution in [0.5, 0.6) is 5.75 Å². The van der Waals surface area contributed by atoms with Gasteiger partial charge >= 0.3 is 5.97 Å². The van der Waals surface area contributed by atoms with Crippen LogP contribution in [0.2, 0.25) is 0 Å². The van der Waals surface area contributed by atoms with Crippen LogP contribution in [0, 0.1) is 27.7 Å². The molecule has 1 aliphatic rings. The standard InChI is InChI=1S/C28H35NO5/c1-17-14-18(2)22(6)27(21(17)5)25(30)15-34-28(32)23-10-12-24(13-11-23)33-16-26(31)29-19(3)8-7-9-20(29)4/h10-14,19-20H,7-9,15-16H2,1-6H3/t19-,20-/m0/s1. The smallest absolute Gasteiger partial charge is 0.338 e. The van der Waals surface area contributed by atoms with Crippen LogP contribution in [0.3, 0.4) is 0 Å². The Labute approximate surface area is 202 Å². The van der Waals surface area contributed by atoms with E-state index in [0.29, 0.717) is 16.9 Å². The van der Waals surface area contributed by atoms with Gasteiger partial charge in [0, 0.05) is 17.6 Å². The Balaban J connectivity index is 1.55. The van der Waals surface area contributed by atoms with Crippen molar-refractivity contribution < 1.29 is 23.9 Å². The Kier molecular flexibility index (Phi) is 8.13. The summed E-state index contributed by atoms with van der Waals surface area (Å²) < 4.78 is 10.9. The van der Waals surface area contributed by atoms with Crippen LogP contribution < -0.4 is 4.74 Å². The van der Waals surface area contributed by atoms with E-state index in [1.165, 1.54) is 0 Å². The highest BCUT2D eigenvalue weighted by atomic mass is 16.5. The minimum absolute atomic E-state index is 0.0290. The van der Waals surface area contributed by atoms with Gasteiger partial charge in [-0.05, 0) is 107 Å². The molecule has 0 radical (unpaired) electrons. The first-order chi connectivity index (χ1) is 16.1. The molecule has 3 rings (SSSR count). The summed E-state index contributed by atoms with van der Waals surface area (Å²) in [4.78, 5) is 39.8. The molecular formula is C28H35NO5. The van der Waals surface area contributed by atoms with Gasteiger partial charge in [-0.3, -0.25) is 9.59 Å². The van der Waals surface area contributed by atoms with E-state index in [4.69, 9.17) is 9.47 Å². The summed E-state index contributed by atoms with van der Waals surface area (Å²) in [5, 5.41) is 0. The fourth-order valence-electron chi connectivity index (χ4n) is 4.74. The maximum absolute atomic E-state index is 12.8. The molecular weight excluding hydrogens is 430 g/mol. The lowest BCUT2D eigenvalue weighted by Gasteiger charge is -2.38. The van der Waals surface area contributed by atoms with Gasteiger partial charge < -0.3 is 14.4 Å². The predicted molar refractivity (Wildman–Crippen MR) is 132 cm³/mol. The van der Waals surface area contributed by atoms with Crippen LogP contribution in [0.4, 0.5) is 0 Å². The Bertz CT molecular complexity index is 1040. The van der Waals surface area contributed by atoms with Crippen molar-refractivity contribution in [2.45, 2.75) is 72.9 Å². The van der Waals surface area contributed by atoms with Gasteiger partial charge in [-0.2, -0.15) is 0 Å². The number of aryl methyl sites for hydroxylation is 2. The van der Waals surface area contributed by atoms with Crippen molar-refractivity contribution in [2.24, 2.45) is 0 Å². The third-order valence-corrected chi connectivity index (χ3v) is 6.91. The minimum atomic E-state index is -0.577. The summed E-state index contributed by atoms with van der Waals surface area (Å²) in [6, 6.07) is 8.91. The number of hydrogen-bond donors (Lipinski definition) is 0. The van der Waals surface area contributed by atoms with E-state index in [1.54, 1.807) is 24.3 Å². The third-order valence-electron chi connectivity index (χ3n) is 6.91. The maximum atomic E-state index is 12.8. The molecule has 1 aliphatic heterocycles. The zero-order valence-electron chi connectivity index (χ0n) is 21.1. The lowest BCUT2D eigenvalue weighted by Crippen LogP contribution is -2.49. The second-order valence-electron chi connectivity index (χ2n) is 9.38. The maximum Gasteiger partial charge on any atom is 0.338 e. The number of hydrogen-bond acceptors (Lipinski definition) is 5. The van der Waals surface area contributed by atoms with Crippen LogP contribution in [0.15, 0.2) is 30.3 Å². The number of ether oxygens (including phenoxy) is 2. The number of nitrogens with zero attached hydrogens (tertiary/aromatic N) is 1. The molecule has 0 saturated carbocycles. The number of ketones is 1. The molecule has 2 aromatic rings. The van der Waals surface area contributed by atoms with E-state index < -0.39 is 5.97 Å². The lowest BCUT2D eigenvalue weighted by molar-refractivity contribution is -0.139. The molecule has 1 saturated heterocycles. The van der Waals surface area contributed by atoms with Crippen molar-refractivity contribution in [3.8, 4) is 5.75 Å². The number of piperidine rings is 1. The fraction of sp³-hybridized carbons (Fsp3) is 0.464. The van der Waals surface area contributed by atoms with Gasteiger partial charge in [0.1, 0.15) is 5.75 Å². The number of likely N-dealkylation sites (tertiary alicyclic amines) is 1. The van der Waals surface area contributed by atoms with E-state index in [0.717, 1.165) is 41.5 Å². The first-order valence-electron chi connectivity index (χ1n) is 11.9. The molecule has 2 aromatic carbocycles. The number of carbonyl (C=O) groups is 3. The Morgan fingerprint density at radius 1 is 0.882 bits per heavy atom. The average molecular weight is 466 g/mol. The van der Waals surface area contributed by atoms with Gasteiger partial charge in [-0.1, -0.05) is 6.07 Å². The average Bonchev–Trinajstić information content (AvgIpc) is 2.80. The molecule has 1 amide bonds. The normalized spacial score (nSPS) is 17.9. The SMILES string of the molecule is Cc1cc(C)c(C)c(C(=O)COC(=O)c2ccc(OCC(=O)N3[C@@H](C)CCC[C@@H]3C)cc2)c1C. The largest absolute Gasteiger partial charge is 0.484 e. The number of Topliss-reactive ketones (excluding diaryl/α,β-unsaturated/α-hetero) is 1. The molecule has 1 heterocycles.